The van der Waals surface area contributed by atoms with Gasteiger partial charge in [0.25, 0.3) is 23.2 Å². The van der Waals surface area contributed by atoms with E-state index in [0.29, 0.717) is 51.6 Å². The average molecular weight is 2150 g/mol. The van der Waals surface area contributed by atoms with Gasteiger partial charge in [-0.25, -0.2) is 9.59 Å². The number of nitrogens with two attached hydrogens (primary N) is 1. The molecule has 6 atom stereocenters. The molecule has 0 saturated carbocycles. The standard InChI is InChI=1S/C21H22N2O7.C20H20N2O8.C11H13NO3.C10H9I2NO3.C10H11NO3.C9H9I2NO3.ClH/c1-12-5-6-13-8-17(21(25)30-4)22(11-14(13)7-12)20(24)15-9-18(28-2)19(29-3)10-16(15)23(26)27;1-28-17-8-14(15(22(26)27)9-18(17)29-2)19(24)21-10-12-6-13(23)5-4-11(12)7-16(21)20(25)30-3;1-15-11(14)10-5-7-2-3-9(13)4-8(7)6-12-10;11-6-1-4-2-7(10(15)16)13-3-5(4)8(12)9(6)14;12-8-2-1-6-4-9(10(13)14)11-5-7(6)3-8;10-5-1-4(2-6(11)8(5)13)3-7(12)9(14)15;/h5-7,9-10,17H,8,11H2,1-4H3;4-6,8-9,16,23H,7,10H2,1-3H3;2-4,10,12-13H,5-6H2,1H3;1,7,13-14H,2-3H2,(H,15,16);1-3,9,11-12H,4-5H2,(H,13,14);1-2,7,13H,3,12H2,(H,14,15);1H/t17-;16-;10-;7-;9-;7-;/m000000./s1. The Kier molecular flexibility index (Phi) is 35.8. The van der Waals surface area contributed by atoms with Crippen LogP contribution in [-0.2, 0) is 114 Å². The summed E-state index contributed by atoms with van der Waals surface area (Å²) in [5.74, 6) is -4.02. The van der Waals surface area contributed by atoms with Gasteiger partial charge < -0.3 is 100 Å². The number of rotatable bonds is 16. The fourth-order valence-corrected chi connectivity index (χ4v) is 17.3. The lowest BCUT2D eigenvalue weighted by atomic mass is 9.92. The molecule has 8 aromatic carbocycles. The van der Waals surface area contributed by atoms with E-state index >= 15 is 0 Å². The fourth-order valence-electron chi connectivity index (χ4n) is 13.4. The van der Waals surface area contributed by atoms with Crippen LogP contribution in [-0.4, -0.2) is 194 Å². The molecule has 0 spiro atoms. The molecule has 0 aliphatic carbocycles. The predicted molar refractivity (Wildman–Crippen MR) is 471 cm³/mol. The molecule has 0 aromatic heterocycles. The first-order valence-electron chi connectivity index (χ1n) is 36.1. The SMILES string of the molecule is COC(=O)[C@@H]1Cc2ccc(C)cc2CN1C(=O)c1cc(OC)c(OC)cc1[N+](=O)[O-].COC(=O)[C@@H]1Cc2ccc(O)cc2CN1.COC(=O)[C@@H]1Cc2ccc(O)cc2CN1C(=O)c1cc(OC)c(OC)cc1[N+](=O)[O-].Cl.N[C@@H](Cc1cc(I)c(O)c(I)c1)C(=O)O.O=C(O)[C@@H]1Cc2cc(I)c(O)c(I)c2CN1.O=C(O)[C@@H]1Cc2ccc(O)cc2CN1. The number of nitro groups is 2. The number of carbonyl (C=O) groups is 8. The summed E-state index contributed by atoms with van der Waals surface area (Å²) >= 11 is 8.15. The smallest absolute Gasteiger partial charge is 0.328 e. The number of amides is 2. The van der Waals surface area contributed by atoms with Gasteiger partial charge in [-0.3, -0.25) is 54.3 Å². The molecule has 0 fully saturated rings. The maximum Gasteiger partial charge on any atom is 0.328 e. The first-order valence-corrected chi connectivity index (χ1v) is 40.4. The van der Waals surface area contributed by atoms with Crippen molar-refractivity contribution >= 4 is 162 Å². The number of methoxy groups -OCH3 is 7. The average Bonchev–Trinajstić information content (AvgIpc) is 0.773. The largest absolute Gasteiger partial charge is 0.508 e. The van der Waals surface area contributed by atoms with Crippen LogP contribution in [0.4, 0.5) is 11.4 Å². The minimum Gasteiger partial charge on any atom is -0.508 e. The maximum absolute atomic E-state index is 13.4. The minimum atomic E-state index is -1.02. The van der Waals surface area contributed by atoms with Crippen LogP contribution in [0, 0.1) is 41.4 Å². The Hall–Kier alpha value is -10.4. The number of aryl methyl sites for hydroxylation is 1. The normalized spacial score (nSPS) is 16.4. The van der Waals surface area contributed by atoms with Crippen molar-refractivity contribution in [3.05, 3.63) is 228 Å². The molecule has 0 radical (unpaired) electrons. The van der Waals surface area contributed by atoms with Crippen molar-refractivity contribution in [2.45, 2.75) is 114 Å². The summed E-state index contributed by atoms with van der Waals surface area (Å²) in [6, 6.07) is 26.7. The zero-order chi connectivity index (χ0) is 88.4. The number of hydrogen-bond acceptors (Lipinski definition) is 28. The molecule has 13 rings (SSSR count). The monoisotopic (exact) mass is 2140 g/mol. The van der Waals surface area contributed by atoms with Crippen LogP contribution in [0.15, 0.2) is 115 Å². The Morgan fingerprint density at radius 2 is 0.826 bits per heavy atom. The van der Waals surface area contributed by atoms with Crippen molar-refractivity contribution in [2.24, 2.45) is 5.73 Å². The lowest BCUT2D eigenvalue weighted by Gasteiger charge is -2.35. The van der Waals surface area contributed by atoms with Gasteiger partial charge in [0.2, 0.25) is 0 Å². The first-order chi connectivity index (χ1) is 56.9. The van der Waals surface area contributed by atoms with E-state index in [-0.39, 0.29) is 120 Å². The van der Waals surface area contributed by atoms with Crippen LogP contribution in [0.1, 0.15) is 87.5 Å². The van der Waals surface area contributed by atoms with E-state index in [9.17, 15) is 84.1 Å². The molecule has 5 aliphatic rings. The van der Waals surface area contributed by atoms with Crippen molar-refractivity contribution in [1.82, 2.24) is 25.8 Å². The van der Waals surface area contributed by atoms with Crippen LogP contribution < -0.4 is 40.6 Å². The second kappa shape index (κ2) is 44.4. The van der Waals surface area contributed by atoms with Gasteiger partial charge >= 0.3 is 35.8 Å². The Balaban J connectivity index is 0.000000206. The molecule has 646 valence electrons. The third-order valence-electron chi connectivity index (χ3n) is 19.7. The van der Waals surface area contributed by atoms with Crippen LogP contribution in [0.3, 0.4) is 0 Å². The van der Waals surface area contributed by atoms with Crippen LogP contribution >= 0.6 is 103 Å². The maximum atomic E-state index is 13.4. The van der Waals surface area contributed by atoms with Crippen LogP contribution in [0.25, 0.3) is 0 Å². The van der Waals surface area contributed by atoms with Crippen molar-refractivity contribution in [1.29, 1.82) is 0 Å². The van der Waals surface area contributed by atoms with Gasteiger partial charge in [0.15, 0.2) is 23.0 Å². The second-order valence-electron chi connectivity index (χ2n) is 27.3. The van der Waals surface area contributed by atoms with Crippen molar-refractivity contribution in [2.75, 3.05) is 49.8 Å². The number of carboxylic acid groups (broad SMARTS) is 3. The third kappa shape index (κ3) is 24.7. The van der Waals surface area contributed by atoms with Gasteiger partial charge in [-0.15, -0.1) is 12.4 Å². The summed E-state index contributed by atoms with van der Waals surface area (Å²) in [7, 11) is 9.22. The summed E-state index contributed by atoms with van der Waals surface area (Å²) in [4.78, 5) is 119. The summed E-state index contributed by atoms with van der Waals surface area (Å²) < 4.78 is 38.0. The molecular formula is C81H85ClI4N8O27. The van der Waals surface area contributed by atoms with E-state index in [4.69, 9.17) is 49.5 Å². The number of carboxylic acids is 3. The molecule has 35 nitrogen and oxygen atoms in total. The molecular weight excluding hydrogens is 2060 g/mol. The highest BCUT2D eigenvalue weighted by Gasteiger charge is 2.41. The van der Waals surface area contributed by atoms with E-state index < -0.39 is 93.1 Å². The number of aliphatic carboxylic acids is 3. The number of phenolic OH excluding ortho intramolecular Hbond substituents is 5. The molecule has 121 heavy (non-hydrogen) atoms. The van der Waals surface area contributed by atoms with Gasteiger partial charge in [0.05, 0.1) is 86.0 Å². The number of esters is 3. The van der Waals surface area contributed by atoms with Crippen LogP contribution in [0.2, 0.25) is 0 Å². The number of hydrogen-bond donors (Lipinski definition) is 12. The molecule has 13 N–H and O–H groups in total. The quantitative estimate of drug-likeness (QED) is 0.0141. The Labute approximate surface area is 752 Å². The highest BCUT2D eigenvalue weighted by Crippen LogP contribution is 2.41. The topological polar surface area (TPSA) is 518 Å². The van der Waals surface area contributed by atoms with Crippen molar-refractivity contribution in [3.63, 3.8) is 0 Å². The minimum absolute atomic E-state index is 0. The van der Waals surface area contributed by atoms with Gasteiger partial charge in [-0.1, -0.05) is 42.0 Å². The number of phenols is 5. The number of nitro benzene ring substituents is 2. The van der Waals surface area contributed by atoms with Gasteiger partial charge in [0, 0.05) is 57.7 Å². The molecule has 5 aliphatic heterocycles. The second-order valence-corrected chi connectivity index (χ2v) is 31.8. The number of benzene rings is 8. The number of carbonyl (C=O) groups excluding carboxylic acids is 5. The number of nitrogens with zero attached hydrogens (tertiary/aromatic N) is 4. The van der Waals surface area contributed by atoms with E-state index in [0.717, 1.165) is 80.5 Å². The summed E-state index contributed by atoms with van der Waals surface area (Å²) in [6.45, 7) is 3.60. The molecule has 2 amide bonds. The van der Waals surface area contributed by atoms with Crippen molar-refractivity contribution in [3.8, 4) is 51.7 Å². The fraction of sp³-hybridized carbons (Fsp3) is 0.309. The van der Waals surface area contributed by atoms with Gasteiger partial charge in [-0.05, 0) is 239 Å². The van der Waals surface area contributed by atoms with E-state index in [1.165, 1.54) is 83.8 Å². The highest BCUT2D eigenvalue weighted by atomic mass is 127. The zero-order valence-electron chi connectivity index (χ0n) is 65.8. The molecule has 40 heteroatoms. The summed E-state index contributed by atoms with van der Waals surface area (Å²) in [5.41, 5.74) is 15.2. The van der Waals surface area contributed by atoms with E-state index in [1.54, 1.807) is 48.5 Å². The Morgan fingerprint density at radius 1 is 0.463 bits per heavy atom. The van der Waals surface area contributed by atoms with Crippen molar-refractivity contribution < 1.29 is 122 Å². The third-order valence-corrected chi connectivity index (χ3v) is 23.3. The van der Waals surface area contributed by atoms with Crippen LogP contribution in [0.5, 0.6) is 51.7 Å². The highest BCUT2D eigenvalue weighted by molar-refractivity contribution is 14.1. The Morgan fingerprint density at radius 3 is 1.23 bits per heavy atom. The van der Waals surface area contributed by atoms with E-state index in [1.807, 2.05) is 82.4 Å². The molecule has 5 heterocycles. The number of halogens is 5. The lowest BCUT2D eigenvalue weighted by molar-refractivity contribution is -0.385. The number of aromatic hydroxyl groups is 5. The number of fused-ring (bicyclic) bond motifs is 5. The first kappa shape index (κ1) is 97.7. The molecule has 0 saturated heterocycles. The lowest BCUT2D eigenvalue weighted by Crippen LogP contribution is -2.49. The number of nitrogens with one attached hydrogen (secondary N) is 3. The van der Waals surface area contributed by atoms with Gasteiger partial charge in [-0.2, -0.15) is 0 Å². The summed E-state index contributed by atoms with van der Waals surface area (Å²) in [6.07, 6.45) is 2.23. The molecule has 0 unspecified atom stereocenters. The predicted octanol–water partition coefficient (Wildman–Crippen LogP) is 9.47. The molecule has 8 aromatic rings. The summed E-state index contributed by atoms with van der Waals surface area (Å²) in [5, 5.41) is 106. The Bertz CT molecular complexity index is 5070. The molecule has 0 bridgehead atoms. The zero-order valence-corrected chi connectivity index (χ0v) is 75.3. The van der Waals surface area contributed by atoms with E-state index in [2.05, 4.69) is 65.9 Å². The van der Waals surface area contributed by atoms with Gasteiger partial charge in [0.1, 0.15) is 76.1 Å². The number of ether oxygens (including phenoxy) is 7.